The topological polar surface area (TPSA) is 84.2 Å². The second-order valence-corrected chi connectivity index (χ2v) is 6.11. The van der Waals surface area contributed by atoms with E-state index in [1.54, 1.807) is 24.3 Å². The zero-order chi connectivity index (χ0) is 15.5. The van der Waals surface area contributed by atoms with Crippen LogP contribution in [0.4, 0.5) is 0 Å². The number of thiophene rings is 1. The Morgan fingerprint density at radius 1 is 1.23 bits per heavy atom. The Kier molecular flexibility index (Phi) is 4.03. The number of thiazole rings is 1. The largest absolute Gasteiger partial charge is 0.459 e. The van der Waals surface area contributed by atoms with Crippen LogP contribution in [-0.4, -0.2) is 16.8 Å². The molecule has 8 heteroatoms. The summed E-state index contributed by atoms with van der Waals surface area (Å²) in [6.45, 7) is 1.76. The van der Waals surface area contributed by atoms with Crippen LogP contribution in [0.15, 0.2) is 39.6 Å². The number of hydrogen-bond donors (Lipinski definition) is 2. The fraction of sp³-hybridized carbons (Fsp3) is 0.0714. The monoisotopic (exact) mass is 333 g/mol. The Labute approximate surface area is 133 Å². The van der Waals surface area contributed by atoms with Crippen molar-refractivity contribution >= 4 is 34.5 Å². The van der Waals surface area contributed by atoms with Crippen molar-refractivity contribution in [1.29, 1.82) is 0 Å². The van der Waals surface area contributed by atoms with Gasteiger partial charge in [0.2, 0.25) is 0 Å². The first-order valence-corrected chi connectivity index (χ1v) is 8.05. The molecule has 3 rings (SSSR count). The van der Waals surface area contributed by atoms with Gasteiger partial charge in [-0.15, -0.1) is 11.3 Å². The summed E-state index contributed by atoms with van der Waals surface area (Å²) in [7, 11) is 0. The van der Waals surface area contributed by atoms with Gasteiger partial charge in [-0.2, -0.15) is 11.3 Å². The summed E-state index contributed by atoms with van der Waals surface area (Å²) >= 11 is 2.85. The standard InChI is InChI=1S/C14H11N3O3S2/c1-8-11(22-14(15-8)9-4-6-21-7-9)13(19)17-16-12(18)10-3-2-5-20-10/h2-7H,1H3,(H,16,18)(H,17,19). The predicted octanol–water partition coefficient (Wildman–Crippen LogP) is 2.85. The average Bonchev–Trinajstić information content (AvgIpc) is 3.23. The summed E-state index contributed by atoms with van der Waals surface area (Å²) in [6, 6.07) is 5.05. The molecule has 0 atom stereocenters. The number of rotatable bonds is 3. The quantitative estimate of drug-likeness (QED) is 0.722. The van der Waals surface area contributed by atoms with E-state index in [0.717, 1.165) is 10.6 Å². The SMILES string of the molecule is Cc1nc(-c2ccsc2)sc1C(=O)NNC(=O)c1ccco1. The molecule has 0 bridgehead atoms. The third kappa shape index (κ3) is 2.92. The van der Waals surface area contributed by atoms with Crippen LogP contribution >= 0.6 is 22.7 Å². The first-order valence-electron chi connectivity index (χ1n) is 6.29. The summed E-state index contributed by atoms with van der Waals surface area (Å²) in [4.78, 5) is 28.7. The molecule has 0 spiro atoms. The van der Waals surface area contributed by atoms with Crippen LogP contribution in [0, 0.1) is 6.92 Å². The van der Waals surface area contributed by atoms with Crippen LogP contribution in [0.25, 0.3) is 10.6 Å². The maximum absolute atomic E-state index is 12.1. The van der Waals surface area contributed by atoms with E-state index in [-0.39, 0.29) is 5.76 Å². The van der Waals surface area contributed by atoms with Gasteiger partial charge in [0, 0.05) is 10.9 Å². The van der Waals surface area contributed by atoms with Crippen molar-refractivity contribution in [3.8, 4) is 10.6 Å². The molecule has 0 aliphatic carbocycles. The Morgan fingerprint density at radius 3 is 2.73 bits per heavy atom. The van der Waals surface area contributed by atoms with Crippen molar-refractivity contribution in [2.75, 3.05) is 0 Å². The van der Waals surface area contributed by atoms with Crippen LogP contribution in [0.5, 0.6) is 0 Å². The first kappa shape index (κ1) is 14.5. The van der Waals surface area contributed by atoms with Crippen LogP contribution in [0.1, 0.15) is 25.9 Å². The number of carbonyl (C=O) groups excluding carboxylic acids is 2. The van der Waals surface area contributed by atoms with Crippen molar-refractivity contribution in [3.05, 3.63) is 51.6 Å². The molecular formula is C14H11N3O3S2. The third-order valence-electron chi connectivity index (χ3n) is 2.81. The van der Waals surface area contributed by atoms with Gasteiger partial charge >= 0.3 is 5.91 Å². The number of aryl methyl sites for hydroxylation is 1. The Bertz CT molecular complexity index is 792. The van der Waals surface area contributed by atoms with Gasteiger partial charge in [-0.25, -0.2) is 4.98 Å². The number of nitrogens with one attached hydrogen (secondary N) is 2. The van der Waals surface area contributed by atoms with Gasteiger partial charge in [-0.1, -0.05) is 0 Å². The van der Waals surface area contributed by atoms with Crippen molar-refractivity contribution < 1.29 is 14.0 Å². The molecule has 0 aliphatic heterocycles. The van der Waals surface area contributed by atoms with E-state index in [2.05, 4.69) is 15.8 Å². The van der Waals surface area contributed by atoms with E-state index < -0.39 is 11.8 Å². The third-order valence-corrected chi connectivity index (χ3v) is 4.69. The lowest BCUT2D eigenvalue weighted by molar-refractivity contribution is 0.0832. The molecule has 3 aromatic heterocycles. The second kappa shape index (κ2) is 6.12. The molecule has 2 amide bonds. The van der Waals surface area contributed by atoms with E-state index in [1.165, 1.54) is 23.7 Å². The van der Waals surface area contributed by atoms with Crippen molar-refractivity contribution in [2.45, 2.75) is 6.92 Å². The minimum Gasteiger partial charge on any atom is -0.459 e. The minimum absolute atomic E-state index is 0.125. The maximum Gasteiger partial charge on any atom is 0.305 e. The Hall–Kier alpha value is -2.45. The molecule has 2 N–H and O–H groups in total. The molecule has 0 aliphatic rings. The van der Waals surface area contributed by atoms with Crippen LogP contribution < -0.4 is 10.9 Å². The van der Waals surface area contributed by atoms with Gasteiger partial charge in [0.25, 0.3) is 5.91 Å². The van der Waals surface area contributed by atoms with E-state index in [1.807, 2.05) is 16.8 Å². The zero-order valence-electron chi connectivity index (χ0n) is 11.5. The molecule has 0 aromatic carbocycles. The van der Waals surface area contributed by atoms with Gasteiger partial charge in [0.15, 0.2) is 5.76 Å². The molecule has 0 saturated heterocycles. The fourth-order valence-electron chi connectivity index (χ4n) is 1.76. The molecule has 0 fully saturated rings. The highest BCUT2D eigenvalue weighted by atomic mass is 32.1. The Morgan fingerprint density at radius 2 is 2.05 bits per heavy atom. The van der Waals surface area contributed by atoms with E-state index in [9.17, 15) is 9.59 Å². The number of hydrogen-bond acceptors (Lipinski definition) is 6. The molecule has 6 nitrogen and oxygen atoms in total. The van der Waals surface area contributed by atoms with Crippen molar-refractivity contribution in [3.63, 3.8) is 0 Å². The van der Waals surface area contributed by atoms with Gasteiger partial charge in [-0.05, 0) is 30.5 Å². The van der Waals surface area contributed by atoms with Gasteiger partial charge in [0.1, 0.15) is 9.88 Å². The van der Waals surface area contributed by atoms with Crippen molar-refractivity contribution in [2.24, 2.45) is 0 Å². The van der Waals surface area contributed by atoms with Gasteiger partial charge in [-0.3, -0.25) is 20.4 Å². The zero-order valence-corrected chi connectivity index (χ0v) is 13.1. The van der Waals surface area contributed by atoms with Gasteiger partial charge < -0.3 is 4.42 Å². The molecule has 0 saturated carbocycles. The molecule has 0 unspecified atom stereocenters. The van der Waals surface area contributed by atoms with Crippen LogP contribution in [-0.2, 0) is 0 Å². The van der Waals surface area contributed by atoms with E-state index in [0.29, 0.717) is 10.6 Å². The normalized spacial score (nSPS) is 10.4. The molecular weight excluding hydrogens is 322 g/mol. The summed E-state index contributed by atoms with van der Waals surface area (Å²) in [5.41, 5.74) is 6.27. The first-order chi connectivity index (χ1) is 10.6. The number of aromatic nitrogens is 1. The van der Waals surface area contributed by atoms with Gasteiger partial charge in [0.05, 0.1) is 12.0 Å². The minimum atomic E-state index is -0.515. The van der Waals surface area contributed by atoms with Crippen molar-refractivity contribution in [1.82, 2.24) is 15.8 Å². The summed E-state index contributed by atoms with van der Waals surface area (Å²) in [5.74, 6) is -0.796. The molecule has 0 radical (unpaired) electrons. The smallest absolute Gasteiger partial charge is 0.305 e. The Balaban J connectivity index is 1.69. The lowest BCUT2D eigenvalue weighted by Gasteiger charge is -2.04. The predicted molar refractivity (Wildman–Crippen MR) is 83.8 cm³/mol. The summed E-state index contributed by atoms with van der Waals surface area (Å²) in [5, 5.41) is 4.70. The second-order valence-electron chi connectivity index (χ2n) is 4.33. The number of hydrazine groups is 1. The van der Waals surface area contributed by atoms with Crippen LogP contribution in [0.2, 0.25) is 0 Å². The number of nitrogens with zero attached hydrogens (tertiary/aromatic N) is 1. The van der Waals surface area contributed by atoms with Crippen LogP contribution in [0.3, 0.4) is 0 Å². The maximum atomic E-state index is 12.1. The fourth-order valence-corrected chi connectivity index (χ4v) is 3.43. The highest BCUT2D eigenvalue weighted by Gasteiger charge is 2.17. The molecule has 112 valence electrons. The lowest BCUT2D eigenvalue weighted by Crippen LogP contribution is -2.41. The highest BCUT2D eigenvalue weighted by molar-refractivity contribution is 7.17. The average molecular weight is 333 g/mol. The number of amides is 2. The molecule has 3 heterocycles. The number of carbonyl (C=O) groups is 2. The molecule has 22 heavy (non-hydrogen) atoms. The lowest BCUT2D eigenvalue weighted by atomic mass is 10.3. The summed E-state index contributed by atoms with van der Waals surface area (Å²) < 4.78 is 4.94. The van der Waals surface area contributed by atoms with E-state index >= 15 is 0 Å². The summed E-state index contributed by atoms with van der Waals surface area (Å²) in [6.07, 6.45) is 1.39. The molecule has 3 aromatic rings. The van der Waals surface area contributed by atoms with E-state index in [4.69, 9.17) is 4.42 Å². The highest BCUT2D eigenvalue weighted by Crippen LogP contribution is 2.29. The number of furan rings is 1.